The van der Waals surface area contributed by atoms with Crippen molar-refractivity contribution >= 4 is 0 Å². The summed E-state index contributed by atoms with van der Waals surface area (Å²) in [5.41, 5.74) is 0.855. The molecule has 0 amide bonds. The summed E-state index contributed by atoms with van der Waals surface area (Å²) in [5.74, 6) is 0.708. The summed E-state index contributed by atoms with van der Waals surface area (Å²) < 4.78 is 18.3. The van der Waals surface area contributed by atoms with E-state index in [0.29, 0.717) is 12.2 Å². The maximum atomic E-state index is 13.1. The first-order valence-electron chi connectivity index (χ1n) is 5.71. The summed E-state index contributed by atoms with van der Waals surface area (Å²) in [7, 11) is 1.59. The van der Waals surface area contributed by atoms with E-state index in [1.54, 1.807) is 13.2 Å². The van der Waals surface area contributed by atoms with Crippen LogP contribution in [-0.4, -0.2) is 18.3 Å². The molecule has 2 atom stereocenters. The molecule has 2 unspecified atom stereocenters. The Balaban J connectivity index is 2.16. The van der Waals surface area contributed by atoms with Gasteiger partial charge in [0.15, 0.2) is 0 Å². The molecule has 1 aromatic carbocycles. The van der Waals surface area contributed by atoms with Gasteiger partial charge in [-0.1, -0.05) is 6.42 Å². The summed E-state index contributed by atoms with van der Waals surface area (Å²) in [6, 6.07) is 4.54. The fourth-order valence-electron chi connectivity index (χ4n) is 2.44. The van der Waals surface area contributed by atoms with Gasteiger partial charge in [-0.15, -0.1) is 0 Å². The molecular formula is C13H17FO2. The number of aliphatic hydroxyl groups excluding tert-OH is 1. The van der Waals surface area contributed by atoms with E-state index < -0.39 is 0 Å². The summed E-state index contributed by atoms with van der Waals surface area (Å²) in [5, 5.41) is 9.75. The van der Waals surface area contributed by atoms with Gasteiger partial charge < -0.3 is 9.84 Å². The lowest BCUT2D eigenvalue weighted by molar-refractivity contribution is 0.132. The molecule has 0 radical (unpaired) electrons. The number of halogens is 1. The van der Waals surface area contributed by atoms with Crippen LogP contribution < -0.4 is 4.74 Å². The third-order valence-electron chi connectivity index (χ3n) is 3.34. The number of rotatable bonds is 3. The second kappa shape index (κ2) is 4.83. The van der Waals surface area contributed by atoms with E-state index in [2.05, 4.69) is 0 Å². The third-order valence-corrected chi connectivity index (χ3v) is 3.34. The minimum atomic E-state index is -0.247. The van der Waals surface area contributed by atoms with Crippen LogP contribution in [0.1, 0.15) is 24.8 Å². The second-order valence-electron chi connectivity index (χ2n) is 4.42. The molecule has 0 aliphatic heterocycles. The molecular weight excluding hydrogens is 207 g/mol. The Hall–Kier alpha value is -1.09. The summed E-state index contributed by atoms with van der Waals surface area (Å²) >= 11 is 0. The average molecular weight is 224 g/mol. The summed E-state index contributed by atoms with van der Waals surface area (Å²) in [4.78, 5) is 0. The first-order valence-corrected chi connectivity index (χ1v) is 5.71. The quantitative estimate of drug-likeness (QED) is 0.855. The smallest absolute Gasteiger partial charge is 0.123 e. The number of ether oxygens (including phenoxy) is 1. The van der Waals surface area contributed by atoms with Gasteiger partial charge in [0.1, 0.15) is 11.6 Å². The van der Waals surface area contributed by atoms with Crippen LogP contribution in [0, 0.1) is 11.7 Å². The first-order chi connectivity index (χ1) is 7.70. The second-order valence-corrected chi connectivity index (χ2v) is 4.42. The summed E-state index contributed by atoms with van der Waals surface area (Å²) in [6.45, 7) is 0. The lowest BCUT2D eigenvalue weighted by Gasteiger charge is -2.16. The molecule has 2 rings (SSSR count). The van der Waals surface area contributed by atoms with Gasteiger partial charge in [0.25, 0.3) is 0 Å². The number of hydrogen-bond donors (Lipinski definition) is 1. The highest BCUT2D eigenvalue weighted by Crippen LogP contribution is 2.31. The molecule has 16 heavy (non-hydrogen) atoms. The van der Waals surface area contributed by atoms with Crippen LogP contribution in [0.2, 0.25) is 0 Å². The molecule has 1 aliphatic rings. The Morgan fingerprint density at radius 3 is 2.88 bits per heavy atom. The van der Waals surface area contributed by atoms with Crippen molar-refractivity contribution in [1.82, 2.24) is 0 Å². The van der Waals surface area contributed by atoms with Crippen molar-refractivity contribution in [3.63, 3.8) is 0 Å². The SMILES string of the molecule is COc1ccc(F)cc1CC1CCCC1O. The zero-order valence-corrected chi connectivity index (χ0v) is 9.45. The molecule has 1 N–H and O–H groups in total. The Morgan fingerprint density at radius 1 is 1.44 bits per heavy atom. The van der Waals surface area contributed by atoms with Gasteiger partial charge in [-0.05, 0) is 48.9 Å². The first kappa shape index (κ1) is 11.4. The molecule has 1 aromatic rings. The molecule has 0 saturated heterocycles. The van der Waals surface area contributed by atoms with Crippen molar-refractivity contribution in [3.05, 3.63) is 29.6 Å². The van der Waals surface area contributed by atoms with E-state index in [0.717, 1.165) is 24.8 Å². The fourth-order valence-corrected chi connectivity index (χ4v) is 2.44. The van der Waals surface area contributed by atoms with Crippen LogP contribution in [0.4, 0.5) is 4.39 Å². The minimum Gasteiger partial charge on any atom is -0.496 e. The zero-order chi connectivity index (χ0) is 11.5. The van der Waals surface area contributed by atoms with Crippen LogP contribution in [0.15, 0.2) is 18.2 Å². The standard InChI is InChI=1S/C13H17FO2/c1-16-13-6-5-11(14)8-10(13)7-9-3-2-4-12(9)15/h5-6,8-9,12,15H,2-4,7H2,1H3. The lowest BCUT2D eigenvalue weighted by Crippen LogP contribution is -2.16. The van der Waals surface area contributed by atoms with Crippen molar-refractivity contribution in [2.45, 2.75) is 31.8 Å². The van der Waals surface area contributed by atoms with Crippen LogP contribution in [-0.2, 0) is 6.42 Å². The monoisotopic (exact) mass is 224 g/mol. The van der Waals surface area contributed by atoms with E-state index >= 15 is 0 Å². The molecule has 3 heteroatoms. The fraction of sp³-hybridized carbons (Fsp3) is 0.538. The molecule has 0 heterocycles. The van der Waals surface area contributed by atoms with Crippen molar-refractivity contribution < 1.29 is 14.2 Å². The highest BCUT2D eigenvalue weighted by atomic mass is 19.1. The van der Waals surface area contributed by atoms with E-state index in [-0.39, 0.29) is 17.8 Å². The zero-order valence-electron chi connectivity index (χ0n) is 9.45. The normalized spacial score (nSPS) is 24.7. The van der Waals surface area contributed by atoms with Gasteiger partial charge >= 0.3 is 0 Å². The molecule has 2 nitrogen and oxygen atoms in total. The third kappa shape index (κ3) is 2.35. The predicted octanol–water partition coefficient (Wildman–Crippen LogP) is 2.54. The lowest BCUT2D eigenvalue weighted by atomic mass is 9.95. The number of methoxy groups -OCH3 is 1. The van der Waals surface area contributed by atoms with Crippen molar-refractivity contribution in [2.24, 2.45) is 5.92 Å². The molecule has 0 bridgehead atoms. The number of benzene rings is 1. The van der Waals surface area contributed by atoms with E-state index in [1.807, 2.05) is 0 Å². The Kier molecular flexibility index (Phi) is 3.44. The van der Waals surface area contributed by atoms with Gasteiger partial charge in [0, 0.05) is 0 Å². The van der Waals surface area contributed by atoms with Gasteiger partial charge in [-0.3, -0.25) is 0 Å². The van der Waals surface area contributed by atoms with Crippen LogP contribution in [0.5, 0.6) is 5.75 Å². The van der Waals surface area contributed by atoms with E-state index in [1.165, 1.54) is 12.1 Å². The topological polar surface area (TPSA) is 29.5 Å². The maximum Gasteiger partial charge on any atom is 0.123 e. The van der Waals surface area contributed by atoms with Crippen molar-refractivity contribution in [3.8, 4) is 5.75 Å². The van der Waals surface area contributed by atoms with Gasteiger partial charge in [0.2, 0.25) is 0 Å². The van der Waals surface area contributed by atoms with Crippen LogP contribution in [0.3, 0.4) is 0 Å². The van der Waals surface area contributed by atoms with Gasteiger partial charge in [-0.25, -0.2) is 4.39 Å². The minimum absolute atomic E-state index is 0.243. The molecule has 1 fully saturated rings. The van der Waals surface area contributed by atoms with Crippen molar-refractivity contribution in [1.29, 1.82) is 0 Å². The van der Waals surface area contributed by atoms with Crippen LogP contribution in [0.25, 0.3) is 0 Å². The summed E-state index contributed by atoms with van der Waals surface area (Å²) in [6.07, 6.45) is 3.39. The Morgan fingerprint density at radius 2 is 2.25 bits per heavy atom. The Labute approximate surface area is 95.1 Å². The van der Waals surface area contributed by atoms with Gasteiger partial charge in [0.05, 0.1) is 13.2 Å². The molecule has 1 saturated carbocycles. The number of hydrogen-bond acceptors (Lipinski definition) is 2. The molecule has 0 aromatic heterocycles. The highest BCUT2D eigenvalue weighted by molar-refractivity contribution is 5.34. The molecule has 0 spiro atoms. The predicted molar refractivity (Wildman–Crippen MR) is 60.0 cm³/mol. The van der Waals surface area contributed by atoms with Gasteiger partial charge in [-0.2, -0.15) is 0 Å². The largest absolute Gasteiger partial charge is 0.496 e. The van der Waals surface area contributed by atoms with E-state index in [9.17, 15) is 9.50 Å². The van der Waals surface area contributed by atoms with Crippen molar-refractivity contribution in [2.75, 3.05) is 7.11 Å². The van der Waals surface area contributed by atoms with Crippen LogP contribution >= 0.6 is 0 Å². The van der Waals surface area contributed by atoms with E-state index in [4.69, 9.17) is 4.74 Å². The maximum absolute atomic E-state index is 13.1. The molecule has 1 aliphatic carbocycles. The average Bonchev–Trinajstić information content (AvgIpc) is 2.65. The highest BCUT2D eigenvalue weighted by Gasteiger charge is 2.26. The number of aliphatic hydroxyl groups is 1. The Bertz CT molecular complexity index is 365. The molecule has 88 valence electrons.